The molecule has 8 heteroatoms. The molecule has 2 bridgehead atoms. The van der Waals surface area contributed by atoms with Crippen LogP contribution in [0.4, 0.5) is 4.39 Å². The molecule has 2 aromatic carbocycles. The predicted molar refractivity (Wildman–Crippen MR) is 174 cm³/mol. The van der Waals surface area contributed by atoms with Crippen LogP contribution < -0.4 is 0 Å². The van der Waals surface area contributed by atoms with Gasteiger partial charge in [-0.15, -0.1) is 0 Å². The van der Waals surface area contributed by atoms with Crippen molar-refractivity contribution in [3.63, 3.8) is 0 Å². The summed E-state index contributed by atoms with van der Waals surface area (Å²) in [4.78, 5) is 36.3. The summed E-state index contributed by atoms with van der Waals surface area (Å²) in [5.41, 5.74) is 1.97. The smallest absolute Gasteiger partial charge is 0.321 e. The summed E-state index contributed by atoms with van der Waals surface area (Å²) in [6.07, 6.45) is 7.93. The fourth-order valence-corrected chi connectivity index (χ4v) is 8.93. The van der Waals surface area contributed by atoms with Crippen LogP contribution in [0.25, 0.3) is 11.0 Å². The Morgan fingerprint density at radius 2 is 1.67 bits per heavy atom. The van der Waals surface area contributed by atoms with Crippen LogP contribution in [0, 0.1) is 18.2 Å². The van der Waals surface area contributed by atoms with E-state index in [0.29, 0.717) is 44.1 Å². The summed E-state index contributed by atoms with van der Waals surface area (Å²) in [6, 6.07) is 17.1. The number of hydrogen-bond acceptors (Lipinski definition) is 5. The number of esters is 1. The van der Waals surface area contributed by atoms with Gasteiger partial charge < -0.3 is 14.2 Å². The molecule has 0 saturated carbocycles. The second-order valence-corrected chi connectivity index (χ2v) is 13.6. The number of amides is 1. The number of halogens is 1. The van der Waals surface area contributed by atoms with Crippen molar-refractivity contribution < 1.29 is 18.7 Å². The standard InChI is InChI=1S/C37H49FN4O3/c1-5-37(6-2,35(44)45-7-3)34(43)40-20-17-36(18-21-40,27-11-10-12-28(38)23-27)19-22-41-29-15-16-30(41)25-31(24-29)42-26(4)39-32-13-8-9-14-33(32)42/h8-14,23,29-31H,5-7,15-22,24-25H2,1-4H3. The molecule has 0 aliphatic carbocycles. The summed E-state index contributed by atoms with van der Waals surface area (Å²) < 4.78 is 22.5. The van der Waals surface area contributed by atoms with Crippen LogP contribution in [0.15, 0.2) is 48.5 Å². The maximum Gasteiger partial charge on any atom is 0.321 e. The molecule has 3 aliphatic heterocycles. The molecule has 242 valence electrons. The number of imidazole rings is 1. The number of fused-ring (bicyclic) bond motifs is 3. The van der Waals surface area contributed by atoms with Gasteiger partial charge in [-0.3, -0.25) is 14.5 Å². The van der Waals surface area contributed by atoms with E-state index in [0.717, 1.165) is 55.6 Å². The number of carbonyl (C=O) groups excluding carboxylic acids is 2. The second kappa shape index (κ2) is 12.9. The third-order valence-corrected chi connectivity index (χ3v) is 11.6. The topological polar surface area (TPSA) is 67.7 Å². The number of rotatable bonds is 10. The molecule has 0 radical (unpaired) electrons. The molecule has 45 heavy (non-hydrogen) atoms. The summed E-state index contributed by atoms with van der Waals surface area (Å²) >= 11 is 0. The van der Waals surface area contributed by atoms with E-state index in [2.05, 4.69) is 46.7 Å². The van der Waals surface area contributed by atoms with Crippen molar-refractivity contribution in [2.24, 2.45) is 5.41 Å². The highest BCUT2D eigenvalue weighted by Crippen LogP contribution is 2.45. The van der Waals surface area contributed by atoms with Crippen molar-refractivity contribution in [3.8, 4) is 0 Å². The van der Waals surface area contributed by atoms with E-state index in [9.17, 15) is 14.0 Å². The van der Waals surface area contributed by atoms with Gasteiger partial charge >= 0.3 is 5.97 Å². The first kappa shape index (κ1) is 31.7. The van der Waals surface area contributed by atoms with Crippen LogP contribution in [-0.2, 0) is 19.7 Å². The van der Waals surface area contributed by atoms with Crippen LogP contribution >= 0.6 is 0 Å². The van der Waals surface area contributed by atoms with Crippen molar-refractivity contribution in [1.82, 2.24) is 19.4 Å². The minimum atomic E-state index is -1.14. The Morgan fingerprint density at radius 3 is 2.31 bits per heavy atom. The number of para-hydroxylation sites is 2. The summed E-state index contributed by atoms with van der Waals surface area (Å²) in [5.74, 6) is 0.340. The van der Waals surface area contributed by atoms with Gasteiger partial charge in [0.1, 0.15) is 17.1 Å². The lowest BCUT2D eigenvalue weighted by Gasteiger charge is -2.46. The zero-order valence-electron chi connectivity index (χ0n) is 27.4. The van der Waals surface area contributed by atoms with Crippen molar-refractivity contribution in [3.05, 3.63) is 65.7 Å². The fourth-order valence-electron chi connectivity index (χ4n) is 8.93. The van der Waals surface area contributed by atoms with Crippen molar-refractivity contribution in [1.29, 1.82) is 0 Å². The van der Waals surface area contributed by atoms with Crippen LogP contribution in [0.2, 0.25) is 0 Å². The van der Waals surface area contributed by atoms with Gasteiger partial charge in [-0.2, -0.15) is 0 Å². The predicted octanol–water partition coefficient (Wildman–Crippen LogP) is 6.97. The van der Waals surface area contributed by atoms with E-state index in [-0.39, 0.29) is 23.7 Å². The van der Waals surface area contributed by atoms with E-state index < -0.39 is 11.4 Å². The van der Waals surface area contributed by atoms with Gasteiger partial charge in [0, 0.05) is 31.2 Å². The van der Waals surface area contributed by atoms with Gasteiger partial charge in [0.15, 0.2) is 0 Å². The van der Waals surface area contributed by atoms with Crippen LogP contribution in [0.5, 0.6) is 0 Å². The lowest BCUT2D eigenvalue weighted by molar-refractivity contribution is -0.166. The van der Waals surface area contributed by atoms with E-state index in [1.54, 1.807) is 13.0 Å². The molecule has 4 heterocycles. The average Bonchev–Trinajstić information content (AvgIpc) is 3.51. The molecular weight excluding hydrogens is 567 g/mol. The number of benzene rings is 2. The van der Waals surface area contributed by atoms with Gasteiger partial charge in [-0.1, -0.05) is 38.1 Å². The molecule has 3 aromatic rings. The first-order valence-corrected chi connectivity index (χ1v) is 17.2. The van der Waals surface area contributed by atoms with Gasteiger partial charge in [0.2, 0.25) is 5.91 Å². The normalized spacial score (nSPS) is 23.4. The SMILES string of the molecule is CCOC(=O)C(CC)(CC)C(=O)N1CCC(CCN2C3CCC2CC(n2c(C)nc4ccccc42)C3)(c2cccc(F)c2)CC1. The van der Waals surface area contributed by atoms with Gasteiger partial charge in [-0.25, -0.2) is 9.37 Å². The Morgan fingerprint density at radius 1 is 0.978 bits per heavy atom. The van der Waals surface area contributed by atoms with Crippen molar-refractivity contribution >= 4 is 22.9 Å². The van der Waals surface area contributed by atoms with E-state index in [4.69, 9.17) is 9.72 Å². The minimum absolute atomic E-state index is 0.124. The highest BCUT2D eigenvalue weighted by atomic mass is 19.1. The lowest BCUT2D eigenvalue weighted by atomic mass is 9.69. The van der Waals surface area contributed by atoms with Crippen molar-refractivity contribution in [2.45, 2.75) is 109 Å². The highest BCUT2D eigenvalue weighted by Gasteiger charge is 2.49. The zero-order chi connectivity index (χ0) is 31.8. The van der Waals surface area contributed by atoms with Crippen LogP contribution in [0.1, 0.15) is 96.0 Å². The lowest BCUT2D eigenvalue weighted by Crippen LogP contribution is -2.54. The number of likely N-dealkylation sites (tertiary alicyclic amines) is 1. The number of carbonyl (C=O) groups is 2. The van der Waals surface area contributed by atoms with E-state index >= 15 is 0 Å². The number of aromatic nitrogens is 2. The Balaban J connectivity index is 1.18. The highest BCUT2D eigenvalue weighted by molar-refractivity contribution is 6.02. The molecule has 1 amide bonds. The van der Waals surface area contributed by atoms with E-state index in [1.807, 2.05) is 24.8 Å². The number of nitrogens with zero attached hydrogens (tertiary/aromatic N) is 4. The Bertz CT molecular complexity index is 1510. The van der Waals surface area contributed by atoms with Crippen molar-refractivity contribution in [2.75, 3.05) is 26.2 Å². The molecule has 7 nitrogen and oxygen atoms in total. The van der Waals surface area contributed by atoms with Crippen LogP contribution in [0.3, 0.4) is 0 Å². The molecule has 2 atom stereocenters. The zero-order valence-corrected chi connectivity index (χ0v) is 27.4. The van der Waals surface area contributed by atoms with Crippen LogP contribution in [-0.4, -0.2) is 69.6 Å². The molecule has 3 fully saturated rings. The summed E-state index contributed by atoms with van der Waals surface area (Å²) in [5, 5.41) is 0. The van der Waals surface area contributed by atoms with Gasteiger partial charge in [-0.05, 0) is 113 Å². The molecule has 6 rings (SSSR count). The second-order valence-electron chi connectivity index (χ2n) is 13.6. The Labute approximate surface area is 267 Å². The molecular formula is C37H49FN4O3. The first-order chi connectivity index (χ1) is 21.7. The first-order valence-electron chi connectivity index (χ1n) is 17.2. The molecule has 3 saturated heterocycles. The molecule has 0 spiro atoms. The number of ether oxygens (including phenoxy) is 1. The average molecular weight is 617 g/mol. The third kappa shape index (κ3) is 5.68. The summed E-state index contributed by atoms with van der Waals surface area (Å²) in [6.45, 7) is 10.0. The maximum atomic E-state index is 14.6. The number of hydrogen-bond donors (Lipinski definition) is 0. The quantitative estimate of drug-likeness (QED) is 0.182. The number of piperidine rings is 2. The molecule has 2 unspecified atom stereocenters. The molecule has 0 N–H and O–H groups in total. The maximum absolute atomic E-state index is 14.6. The Kier molecular flexibility index (Phi) is 9.06. The monoisotopic (exact) mass is 616 g/mol. The molecule has 1 aromatic heterocycles. The molecule has 3 aliphatic rings. The van der Waals surface area contributed by atoms with Gasteiger partial charge in [0.25, 0.3) is 0 Å². The minimum Gasteiger partial charge on any atom is -0.465 e. The Hall–Kier alpha value is -3.26. The fraction of sp³-hybridized carbons (Fsp3) is 0.595. The number of aryl methyl sites for hydroxylation is 1. The van der Waals surface area contributed by atoms with Gasteiger partial charge in [0.05, 0.1) is 17.6 Å². The largest absolute Gasteiger partial charge is 0.465 e. The summed E-state index contributed by atoms with van der Waals surface area (Å²) in [7, 11) is 0. The van der Waals surface area contributed by atoms with E-state index in [1.165, 1.54) is 24.4 Å². The third-order valence-electron chi connectivity index (χ3n) is 11.6.